The van der Waals surface area contributed by atoms with Crippen LogP contribution in [0.2, 0.25) is 5.02 Å². The van der Waals surface area contributed by atoms with E-state index in [0.717, 1.165) is 6.07 Å². The van der Waals surface area contributed by atoms with Crippen LogP contribution in [0.3, 0.4) is 0 Å². The number of ether oxygens (including phenoxy) is 1. The minimum Gasteiger partial charge on any atom is -0.495 e. The molecule has 4 aromatic rings. The molecule has 0 fully saturated rings. The Morgan fingerprint density at radius 1 is 0.933 bits per heavy atom. The molecule has 0 amide bonds. The van der Waals surface area contributed by atoms with Gasteiger partial charge in [-0.3, -0.25) is 4.79 Å². The number of aromatic nitrogens is 1. The molecular weight excluding hydrogens is 415 g/mol. The molecule has 3 nitrogen and oxygen atoms in total. The molecule has 0 saturated carbocycles. The lowest BCUT2D eigenvalue weighted by molar-refractivity contribution is 0.415. The van der Waals surface area contributed by atoms with Crippen molar-refractivity contribution < 1.29 is 17.9 Å². The van der Waals surface area contributed by atoms with E-state index in [9.17, 15) is 18.0 Å². The quantitative estimate of drug-likeness (QED) is 0.391. The predicted octanol–water partition coefficient (Wildman–Crippen LogP) is 6.25. The summed E-state index contributed by atoms with van der Waals surface area (Å²) in [6.45, 7) is 1.76. The van der Waals surface area contributed by atoms with Gasteiger partial charge in [0, 0.05) is 28.3 Å². The van der Waals surface area contributed by atoms with Gasteiger partial charge in [0.25, 0.3) is 0 Å². The Labute approximate surface area is 174 Å². The molecule has 0 bridgehead atoms. The minimum atomic E-state index is -1.52. The largest absolute Gasteiger partial charge is 0.495 e. The molecule has 7 heteroatoms. The van der Waals surface area contributed by atoms with Gasteiger partial charge in [0.2, 0.25) is 0 Å². The van der Waals surface area contributed by atoms with Gasteiger partial charge in [-0.05, 0) is 36.2 Å². The number of hydrogen-bond acceptors (Lipinski definition) is 2. The molecule has 4 rings (SSSR count). The third-order valence-corrected chi connectivity index (χ3v) is 5.28. The molecule has 0 unspecified atom stereocenters. The fraction of sp³-hybridized carbons (Fsp3) is 0.0870. The molecule has 152 valence electrons. The van der Waals surface area contributed by atoms with E-state index in [0.29, 0.717) is 44.1 Å². The van der Waals surface area contributed by atoms with E-state index in [4.69, 9.17) is 16.3 Å². The summed E-state index contributed by atoms with van der Waals surface area (Å²) in [5, 5.41) is 0.714. The summed E-state index contributed by atoms with van der Waals surface area (Å²) in [6.07, 6.45) is 0. The first kappa shape index (κ1) is 20.0. The molecule has 3 aromatic carbocycles. The molecule has 1 aromatic heterocycles. The van der Waals surface area contributed by atoms with Crippen molar-refractivity contribution >= 4 is 22.5 Å². The third-order valence-electron chi connectivity index (χ3n) is 4.98. The number of H-pyrrole nitrogens is 1. The number of pyridine rings is 1. The topological polar surface area (TPSA) is 42.1 Å². The summed E-state index contributed by atoms with van der Waals surface area (Å²) in [5.41, 5.74) is 2.31. The molecule has 30 heavy (non-hydrogen) atoms. The lowest BCUT2D eigenvalue weighted by Crippen LogP contribution is -2.10. The number of aromatic amines is 1. The van der Waals surface area contributed by atoms with Crippen LogP contribution in [0.25, 0.3) is 33.2 Å². The van der Waals surface area contributed by atoms with Gasteiger partial charge >= 0.3 is 0 Å². The summed E-state index contributed by atoms with van der Waals surface area (Å²) >= 11 is 6.17. The van der Waals surface area contributed by atoms with Crippen molar-refractivity contribution in [3.63, 3.8) is 0 Å². The van der Waals surface area contributed by atoms with E-state index in [2.05, 4.69) is 4.98 Å². The summed E-state index contributed by atoms with van der Waals surface area (Å²) in [6, 6.07) is 11.6. The van der Waals surface area contributed by atoms with Crippen LogP contribution < -0.4 is 10.2 Å². The highest BCUT2D eigenvalue weighted by Gasteiger charge is 2.17. The first-order valence-corrected chi connectivity index (χ1v) is 9.34. The monoisotopic (exact) mass is 429 g/mol. The number of halogens is 4. The van der Waals surface area contributed by atoms with Gasteiger partial charge in [0.15, 0.2) is 22.9 Å². The lowest BCUT2D eigenvalue weighted by Gasteiger charge is -2.11. The zero-order valence-corrected chi connectivity index (χ0v) is 16.7. The summed E-state index contributed by atoms with van der Waals surface area (Å²) < 4.78 is 46.0. The van der Waals surface area contributed by atoms with Gasteiger partial charge < -0.3 is 9.72 Å². The van der Waals surface area contributed by atoms with Crippen molar-refractivity contribution in [1.29, 1.82) is 0 Å². The van der Waals surface area contributed by atoms with E-state index in [1.807, 2.05) is 0 Å². The molecule has 1 heterocycles. The molecule has 0 aliphatic rings. The predicted molar refractivity (Wildman–Crippen MR) is 112 cm³/mol. The van der Waals surface area contributed by atoms with Crippen LogP contribution in [0.5, 0.6) is 5.75 Å². The number of fused-ring (bicyclic) bond motifs is 1. The second-order valence-corrected chi connectivity index (χ2v) is 7.19. The Balaban J connectivity index is 1.83. The first-order chi connectivity index (χ1) is 14.3. The van der Waals surface area contributed by atoms with Crippen LogP contribution in [0.1, 0.15) is 5.69 Å². The molecule has 0 radical (unpaired) electrons. The first-order valence-electron chi connectivity index (χ1n) is 8.96. The minimum absolute atomic E-state index is 0.0662. The summed E-state index contributed by atoms with van der Waals surface area (Å²) in [5.74, 6) is -3.58. The fourth-order valence-electron chi connectivity index (χ4n) is 3.48. The highest BCUT2D eigenvalue weighted by molar-refractivity contribution is 6.32. The van der Waals surface area contributed by atoms with E-state index < -0.39 is 17.5 Å². The van der Waals surface area contributed by atoms with Gasteiger partial charge in [0.1, 0.15) is 5.75 Å². The average molecular weight is 430 g/mol. The van der Waals surface area contributed by atoms with Crippen molar-refractivity contribution in [1.82, 2.24) is 4.98 Å². The Bertz CT molecular complexity index is 1350. The standard InChI is InChI=1S/C23H15ClF3NO2/c1-11-20(23(29)15-9-16(24)19(30-2)10-18(15)28-11)13-5-3-12(4-6-13)14-7-8-17(25)22(27)21(14)26/h3-10H,1-2H3,(H,28,29). The second kappa shape index (κ2) is 7.54. The van der Waals surface area contributed by atoms with Gasteiger partial charge in [-0.2, -0.15) is 0 Å². The average Bonchev–Trinajstić information content (AvgIpc) is 2.73. The number of methoxy groups -OCH3 is 1. The number of rotatable bonds is 3. The van der Waals surface area contributed by atoms with Crippen LogP contribution in [-0.2, 0) is 0 Å². The molecule has 0 aliphatic heterocycles. The molecule has 0 aliphatic carbocycles. The van der Waals surface area contributed by atoms with Crippen molar-refractivity contribution in [2.45, 2.75) is 6.92 Å². The van der Waals surface area contributed by atoms with Crippen LogP contribution in [0.15, 0.2) is 53.3 Å². The van der Waals surface area contributed by atoms with Gasteiger partial charge in [-0.15, -0.1) is 0 Å². The Morgan fingerprint density at radius 3 is 2.27 bits per heavy atom. The SMILES string of the molecule is COc1cc2[nH]c(C)c(-c3ccc(-c4ccc(F)c(F)c4F)cc3)c(=O)c2cc1Cl. The third kappa shape index (κ3) is 3.23. The van der Waals surface area contributed by atoms with Crippen molar-refractivity contribution in [2.24, 2.45) is 0 Å². The molecule has 0 saturated heterocycles. The lowest BCUT2D eigenvalue weighted by atomic mass is 9.97. The number of aryl methyl sites for hydroxylation is 1. The maximum Gasteiger partial charge on any atom is 0.197 e. The van der Waals surface area contributed by atoms with Crippen molar-refractivity contribution in [2.75, 3.05) is 7.11 Å². The van der Waals surface area contributed by atoms with Crippen LogP contribution in [0, 0.1) is 24.4 Å². The molecule has 1 N–H and O–H groups in total. The maximum absolute atomic E-state index is 14.1. The van der Waals surface area contributed by atoms with Gasteiger partial charge in [0.05, 0.1) is 17.6 Å². The number of hydrogen-bond donors (Lipinski definition) is 1. The molecule has 0 atom stereocenters. The van der Waals surface area contributed by atoms with Crippen LogP contribution in [-0.4, -0.2) is 12.1 Å². The molecule has 0 spiro atoms. The van der Waals surface area contributed by atoms with Gasteiger partial charge in [-0.1, -0.05) is 35.9 Å². The number of nitrogens with one attached hydrogen (secondary N) is 1. The smallest absolute Gasteiger partial charge is 0.197 e. The van der Waals surface area contributed by atoms with E-state index >= 15 is 0 Å². The van der Waals surface area contributed by atoms with E-state index in [1.54, 1.807) is 43.3 Å². The highest BCUT2D eigenvalue weighted by atomic mass is 35.5. The van der Waals surface area contributed by atoms with Crippen molar-refractivity contribution in [3.05, 3.63) is 86.9 Å². The zero-order chi connectivity index (χ0) is 21.6. The maximum atomic E-state index is 14.1. The number of benzene rings is 3. The second-order valence-electron chi connectivity index (χ2n) is 6.79. The van der Waals surface area contributed by atoms with Crippen LogP contribution >= 0.6 is 11.6 Å². The van der Waals surface area contributed by atoms with E-state index in [1.165, 1.54) is 13.2 Å². The summed E-state index contributed by atoms with van der Waals surface area (Å²) in [7, 11) is 1.49. The Kier molecular flexibility index (Phi) is 5.03. The Hall–Kier alpha value is -3.25. The van der Waals surface area contributed by atoms with Crippen LogP contribution in [0.4, 0.5) is 13.2 Å². The van der Waals surface area contributed by atoms with Crippen molar-refractivity contribution in [3.8, 4) is 28.0 Å². The Morgan fingerprint density at radius 2 is 1.60 bits per heavy atom. The molecular formula is C23H15ClF3NO2. The highest BCUT2D eigenvalue weighted by Crippen LogP contribution is 2.31. The summed E-state index contributed by atoms with van der Waals surface area (Å²) in [4.78, 5) is 16.3. The fourth-order valence-corrected chi connectivity index (χ4v) is 3.72. The zero-order valence-electron chi connectivity index (χ0n) is 15.9. The van der Waals surface area contributed by atoms with Gasteiger partial charge in [-0.25, -0.2) is 13.2 Å². The normalized spacial score (nSPS) is 11.1. The van der Waals surface area contributed by atoms with E-state index in [-0.39, 0.29) is 11.0 Å².